The first kappa shape index (κ1) is 20.7. The van der Waals surface area contributed by atoms with Gasteiger partial charge in [-0.2, -0.15) is 0 Å². The van der Waals surface area contributed by atoms with E-state index in [0.29, 0.717) is 57.9 Å². The Morgan fingerprint density at radius 3 is 2.25 bits per heavy atom. The monoisotopic (exact) mass is 442 g/mol. The van der Waals surface area contributed by atoms with Crippen LogP contribution in [-0.4, -0.2) is 49.4 Å². The lowest BCUT2D eigenvalue weighted by Crippen LogP contribution is -2.10. The molecule has 0 aliphatic heterocycles. The van der Waals surface area contributed by atoms with Crippen LogP contribution < -0.4 is 14.8 Å². The Kier molecular flexibility index (Phi) is 6.61. The maximum absolute atomic E-state index is 6.51. The van der Waals surface area contributed by atoms with Crippen molar-refractivity contribution in [1.82, 2.24) is 15.0 Å². The standard InChI is InChI=1S/C18H17Cl3N4O3/c1-26-5-4-22-17-9-6-13(19)23-8-10(9)24-18(25-17)14-15(20)11(27-2)7-12(28-3)16(14)21/h6-8H,4-5H2,1-3H3,(H,22,24,25). The molecule has 2 aromatic heterocycles. The number of nitrogens with zero attached hydrogens (tertiary/aromatic N) is 3. The maximum atomic E-state index is 6.51. The average Bonchev–Trinajstić information content (AvgIpc) is 2.69. The number of pyridine rings is 1. The number of ether oxygens (including phenoxy) is 3. The fraction of sp³-hybridized carbons (Fsp3) is 0.278. The van der Waals surface area contributed by atoms with Crippen molar-refractivity contribution in [3.8, 4) is 22.9 Å². The minimum absolute atomic E-state index is 0.275. The van der Waals surface area contributed by atoms with E-state index in [1.165, 1.54) is 14.2 Å². The number of hydrogen-bond donors (Lipinski definition) is 1. The van der Waals surface area contributed by atoms with Gasteiger partial charge in [-0.15, -0.1) is 0 Å². The lowest BCUT2D eigenvalue weighted by Gasteiger charge is -2.15. The van der Waals surface area contributed by atoms with Crippen LogP contribution in [0.25, 0.3) is 22.3 Å². The molecule has 148 valence electrons. The molecule has 1 N–H and O–H groups in total. The van der Waals surface area contributed by atoms with Crippen molar-refractivity contribution < 1.29 is 14.2 Å². The quantitative estimate of drug-likeness (QED) is 0.418. The third-order valence-corrected chi connectivity index (χ3v) is 4.90. The smallest absolute Gasteiger partial charge is 0.165 e. The molecule has 0 saturated carbocycles. The number of fused-ring (bicyclic) bond motifs is 1. The van der Waals surface area contributed by atoms with Gasteiger partial charge in [-0.25, -0.2) is 15.0 Å². The zero-order valence-corrected chi connectivity index (χ0v) is 17.6. The van der Waals surface area contributed by atoms with Crippen LogP contribution in [0.4, 0.5) is 5.82 Å². The van der Waals surface area contributed by atoms with E-state index in [1.54, 1.807) is 25.4 Å². The normalized spacial score (nSPS) is 10.9. The summed E-state index contributed by atoms with van der Waals surface area (Å²) in [5.74, 6) is 1.63. The highest BCUT2D eigenvalue weighted by Crippen LogP contribution is 2.45. The van der Waals surface area contributed by atoms with Crippen LogP contribution in [0.2, 0.25) is 15.2 Å². The molecular weight excluding hydrogens is 427 g/mol. The van der Waals surface area contributed by atoms with Gasteiger partial charge in [-0.3, -0.25) is 0 Å². The van der Waals surface area contributed by atoms with Crippen LogP contribution in [0.3, 0.4) is 0 Å². The van der Waals surface area contributed by atoms with Gasteiger partial charge in [0, 0.05) is 25.1 Å². The first-order valence-corrected chi connectivity index (χ1v) is 9.30. The molecule has 0 bridgehead atoms. The Balaban J connectivity index is 2.25. The van der Waals surface area contributed by atoms with Crippen molar-refractivity contribution in [2.24, 2.45) is 0 Å². The molecule has 2 heterocycles. The molecule has 0 atom stereocenters. The van der Waals surface area contributed by atoms with Gasteiger partial charge in [0.2, 0.25) is 0 Å². The van der Waals surface area contributed by atoms with Crippen LogP contribution in [0, 0.1) is 0 Å². The highest BCUT2D eigenvalue weighted by atomic mass is 35.5. The van der Waals surface area contributed by atoms with Crippen molar-refractivity contribution >= 4 is 51.5 Å². The fourth-order valence-corrected chi connectivity index (χ4v) is 3.43. The van der Waals surface area contributed by atoms with Gasteiger partial charge in [0.1, 0.15) is 22.5 Å². The van der Waals surface area contributed by atoms with E-state index in [1.807, 2.05) is 0 Å². The van der Waals surface area contributed by atoms with Crippen LogP contribution in [0.5, 0.6) is 11.5 Å². The largest absolute Gasteiger partial charge is 0.495 e. The van der Waals surface area contributed by atoms with E-state index >= 15 is 0 Å². The van der Waals surface area contributed by atoms with Crippen molar-refractivity contribution in [1.29, 1.82) is 0 Å². The second-order valence-corrected chi connectivity index (χ2v) is 6.77. The van der Waals surface area contributed by atoms with Crippen LogP contribution in [0.1, 0.15) is 0 Å². The zero-order valence-electron chi connectivity index (χ0n) is 15.3. The van der Waals surface area contributed by atoms with Gasteiger partial charge >= 0.3 is 0 Å². The molecule has 0 spiro atoms. The van der Waals surface area contributed by atoms with Gasteiger partial charge in [-0.1, -0.05) is 34.8 Å². The molecule has 0 aliphatic carbocycles. The van der Waals surface area contributed by atoms with Crippen LogP contribution in [0.15, 0.2) is 18.3 Å². The number of hydrogen-bond acceptors (Lipinski definition) is 7. The second-order valence-electron chi connectivity index (χ2n) is 5.62. The Morgan fingerprint density at radius 1 is 0.964 bits per heavy atom. The lowest BCUT2D eigenvalue weighted by molar-refractivity contribution is 0.210. The summed E-state index contributed by atoms with van der Waals surface area (Å²) in [5, 5.41) is 4.80. The molecule has 3 aromatic rings. The fourth-order valence-electron chi connectivity index (χ4n) is 2.61. The Labute approximate surface area is 176 Å². The Hall–Kier alpha value is -2.06. The second kappa shape index (κ2) is 8.96. The number of nitrogens with one attached hydrogen (secondary N) is 1. The lowest BCUT2D eigenvalue weighted by atomic mass is 10.1. The minimum Gasteiger partial charge on any atom is -0.495 e. The van der Waals surface area contributed by atoms with Crippen molar-refractivity contribution in [2.75, 3.05) is 39.8 Å². The molecule has 10 heteroatoms. The molecule has 0 saturated heterocycles. The Morgan fingerprint density at radius 2 is 1.64 bits per heavy atom. The van der Waals surface area contributed by atoms with E-state index in [0.717, 1.165) is 0 Å². The summed E-state index contributed by atoms with van der Waals surface area (Å²) in [5.41, 5.74) is 0.967. The maximum Gasteiger partial charge on any atom is 0.165 e. The first-order valence-electron chi connectivity index (χ1n) is 8.16. The molecule has 0 fully saturated rings. The van der Waals surface area contributed by atoms with Gasteiger partial charge in [0.15, 0.2) is 5.82 Å². The number of rotatable bonds is 7. The molecule has 0 amide bonds. The number of benzene rings is 1. The van der Waals surface area contributed by atoms with Gasteiger partial charge in [0.25, 0.3) is 0 Å². The van der Waals surface area contributed by atoms with Crippen LogP contribution in [-0.2, 0) is 4.74 Å². The average molecular weight is 444 g/mol. The van der Waals surface area contributed by atoms with Crippen molar-refractivity contribution in [3.05, 3.63) is 33.5 Å². The van der Waals surface area contributed by atoms with E-state index in [9.17, 15) is 0 Å². The number of halogens is 3. The molecule has 7 nitrogen and oxygen atoms in total. The molecule has 0 radical (unpaired) electrons. The highest BCUT2D eigenvalue weighted by Gasteiger charge is 2.22. The van der Waals surface area contributed by atoms with E-state index < -0.39 is 0 Å². The van der Waals surface area contributed by atoms with Gasteiger partial charge in [-0.05, 0) is 6.07 Å². The predicted molar refractivity (Wildman–Crippen MR) is 111 cm³/mol. The molecule has 28 heavy (non-hydrogen) atoms. The molecule has 1 aromatic carbocycles. The van der Waals surface area contributed by atoms with Crippen molar-refractivity contribution in [3.63, 3.8) is 0 Å². The summed E-state index contributed by atoms with van der Waals surface area (Å²) in [6.07, 6.45) is 1.56. The van der Waals surface area contributed by atoms with Crippen LogP contribution >= 0.6 is 34.8 Å². The summed E-state index contributed by atoms with van der Waals surface area (Å²) in [7, 11) is 4.63. The Bertz CT molecular complexity index is 989. The summed E-state index contributed by atoms with van der Waals surface area (Å²) >= 11 is 19.1. The highest BCUT2D eigenvalue weighted by molar-refractivity contribution is 6.41. The third kappa shape index (κ3) is 4.03. The SMILES string of the molecule is COCCNc1nc(-c2c(Cl)c(OC)cc(OC)c2Cl)nc2cnc(Cl)cc12. The van der Waals surface area contributed by atoms with E-state index in [4.69, 9.17) is 49.0 Å². The summed E-state index contributed by atoms with van der Waals surface area (Å²) in [4.78, 5) is 13.3. The van der Waals surface area contributed by atoms with E-state index in [2.05, 4.69) is 20.3 Å². The first-order chi connectivity index (χ1) is 13.5. The topological polar surface area (TPSA) is 78.4 Å². The number of aromatic nitrogens is 3. The van der Waals surface area contributed by atoms with Crippen molar-refractivity contribution in [2.45, 2.75) is 0 Å². The minimum atomic E-state index is 0.275. The molecule has 0 aliphatic rings. The third-order valence-electron chi connectivity index (χ3n) is 3.94. The van der Waals surface area contributed by atoms with Gasteiger partial charge in [0.05, 0.1) is 48.1 Å². The summed E-state index contributed by atoms with van der Waals surface area (Å²) in [6, 6.07) is 3.29. The molecule has 0 unspecified atom stereocenters. The summed E-state index contributed by atoms with van der Waals surface area (Å²) in [6.45, 7) is 1.03. The summed E-state index contributed by atoms with van der Waals surface area (Å²) < 4.78 is 15.8. The molecule has 3 rings (SSSR count). The van der Waals surface area contributed by atoms with Gasteiger partial charge < -0.3 is 19.5 Å². The predicted octanol–water partition coefficient (Wildman–Crippen LogP) is 4.73. The van der Waals surface area contributed by atoms with E-state index in [-0.39, 0.29) is 10.0 Å². The molecular formula is C18H17Cl3N4O3. The number of anilines is 1. The number of methoxy groups -OCH3 is 3. The zero-order chi connectivity index (χ0) is 20.3.